The third-order valence-corrected chi connectivity index (χ3v) is 5.18. The summed E-state index contributed by atoms with van der Waals surface area (Å²) in [5.41, 5.74) is 0.616. The van der Waals surface area contributed by atoms with Crippen LogP contribution in [-0.4, -0.2) is 47.5 Å². The molecule has 2 N–H and O–H groups in total. The number of nitrogens with one attached hydrogen (secondary N) is 2. The van der Waals surface area contributed by atoms with Crippen LogP contribution in [0.25, 0.3) is 0 Å². The first-order valence-corrected chi connectivity index (χ1v) is 9.13. The van der Waals surface area contributed by atoms with E-state index in [0.29, 0.717) is 30.7 Å². The number of hydrogen-bond donors (Lipinski definition) is 2. The van der Waals surface area contributed by atoms with Gasteiger partial charge in [0.05, 0.1) is 12.1 Å². The average Bonchev–Trinajstić information content (AvgIpc) is 3.42. The third kappa shape index (κ3) is 3.38. The summed E-state index contributed by atoms with van der Waals surface area (Å²) in [5, 5.41) is 5.86. The maximum absolute atomic E-state index is 12.5. The molecule has 0 unspecified atom stereocenters. The van der Waals surface area contributed by atoms with E-state index < -0.39 is 5.72 Å². The number of ether oxygens (including phenoxy) is 1. The quantitative estimate of drug-likeness (QED) is 0.848. The van der Waals surface area contributed by atoms with Crippen LogP contribution in [0.4, 0.5) is 0 Å². The summed E-state index contributed by atoms with van der Waals surface area (Å²) in [6.07, 6.45) is 3.11. The summed E-state index contributed by atoms with van der Waals surface area (Å²) in [7, 11) is 0. The molecule has 0 aromatic heterocycles. The highest BCUT2D eigenvalue weighted by molar-refractivity contribution is 5.98. The van der Waals surface area contributed by atoms with Crippen LogP contribution in [0.15, 0.2) is 18.2 Å². The first-order valence-electron chi connectivity index (χ1n) is 9.13. The molecule has 3 amide bonds. The summed E-state index contributed by atoms with van der Waals surface area (Å²) < 4.78 is 6.13. The number of amides is 3. The molecule has 0 bridgehead atoms. The lowest BCUT2D eigenvalue weighted by Crippen LogP contribution is -2.56. The molecule has 1 atom stereocenters. The number of benzene rings is 1. The van der Waals surface area contributed by atoms with Crippen LogP contribution in [0.3, 0.4) is 0 Å². The Hall–Kier alpha value is -2.57. The molecule has 2 fully saturated rings. The lowest BCUT2D eigenvalue weighted by molar-refractivity contribution is -0.135. The number of carbonyl (C=O) groups excluding carboxylic acids is 3. The number of nitrogens with zero attached hydrogens (tertiary/aromatic N) is 1. The van der Waals surface area contributed by atoms with Crippen LogP contribution in [0, 0.1) is 6.92 Å². The van der Waals surface area contributed by atoms with Crippen molar-refractivity contribution in [1.29, 1.82) is 0 Å². The second-order valence-corrected chi connectivity index (χ2v) is 7.46. The molecule has 1 aliphatic carbocycles. The topological polar surface area (TPSA) is 87.7 Å². The van der Waals surface area contributed by atoms with Crippen molar-refractivity contribution in [3.05, 3.63) is 29.3 Å². The maximum Gasteiger partial charge on any atom is 0.258 e. The van der Waals surface area contributed by atoms with Crippen LogP contribution < -0.4 is 15.4 Å². The molecular weight excluding hydrogens is 334 g/mol. The van der Waals surface area contributed by atoms with Gasteiger partial charge in [0.15, 0.2) is 5.72 Å². The largest absolute Gasteiger partial charge is 0.467 e. The predicted molar refractivity (Wildman–Crippen MR) is 93.6 cm³/mol. The van der Waals surface area contributed by atoms with Gasteiger partial charge in [-0.05, 0) is 31.9 Å². The number of rotatable bonds is 3. The molecule has 2 heterocycles. The first kappa shape index (κ1) is 16.9. The van der Waals surface area contributed by atoms with Gasteiger partial charge >= 0.3 is 0 Å². The smallest absolute Gasteiger partial charge is 0.258 e. The second-order valence-electron chi connectivity index (χ2n) is 7.46. The van der Waals surface area contributed by atoms with Gasteiger partial charge in [0.2, 0.25) is 11.8 Å². The number of fused-ring (bicyclic) bond motifs is 1. The Morgan fingerprint density at radius 2 is 2.15 bits per heavy atom. The summed E-state index contributed by atoms with van der Waals surface area (Å²) in [5.74, 6) is 0.167. The molecule has 1 saturated heterocycles. The minimum absolute atomic E-state index is 0.0646. The summed E-state index contributed by atoms with van der Waals surface area (Å²) in [6.45, 7) is 2.36. The molecule has 2 aliphatic heterocycles. The van der Waals surface area contributed by atoms with Gasteiger partial charge in [-0.3, -0.25) is 14.4 Å². The van der Waals surface area contributed by atoms with E-state index in [1.807, 2.05) is 13.0 Å². The SMILES string of the molecule is Cc1ccc2c(c1)C(=O)N[C@@]1(CCC(=O)N(CC(=O)NC3CC3)CC1)O2. The minimum atomic E-state index is -0.892. The Kier molecular flexibility index (Phi) is 4.09. The number of hydrogen-bond acceptors (Lipinski definition) is 4. The van der Waals surface area contributed by atoms with E-state index in [-0.39, 0.29) is 36.7 Å². The molecule has 7 heteroatoms. The van der Waals surface area contributed by atoms with Crippen molar-refractivity contribution in [2.75, 3.05) is 13.1 Å². The Morgan fingerprint density at radius 1 is 1.35 bits per heavy atom. The van der Waals surface area contributed by atoms with E-state index in [0.717, 1.165) is 18.4 Å². The van der Waals surface area contributed by atoms with E-state index in [2.05, 4.69) is 10.6 Å². The maximum atomic E-state index is 12.5. The van der Waals surface area contributed by atoms with Crippen molar-refractivity contribution in [2.24, 2.45) is 0 Å². The molecular formula is C19H23N3O4. The highest BCUT2D eigenvalue weighted by Gasteiger charge is 2.42. The average molecular weight is 357 g/mol. The Balaban J connectivity index is 1.47. The molecule has 4 rings (SSSR count). The number of carbonyl (C=O) groups is 3. The molecule has 26 heavy (non-hydrogen) atoms. The minimum Gasteiger partial charge on any atom is -0.467 e. The molecule has 7 nitrogen and oxygen atoms in total. The highest BCUT2D eigenvalue weighted by atomic mass is 16.5. The Bertz CT molecular complexity index is 774. The lowest BCUT2D eigenvalue weighted by Gasteiger charge is -2.38. The van der Waals surface area contributed by atoms with Crippen molar-refractivity contribution in [2.45, 2.75) is 50.8 Å². The lowest BCUT2D eigenvalue weighted by atomic mass is 9.99. The van der Waals surface area contributed by atoms with Gasteiger partial charge in [-0.2, -0.15) is 0 Å². The molecule has 1 saturated carbocycles. The van der Waals surface area contributed by atoms with Gasteiger partial charge in [-0.25, -0.2) is 0 Å². The van der Waals surface area contributed by atoms with Crippen molar-refractivity contribution in [3.8, 4) is 5.75 Å². The van der Waals surface area contributed by atoms with Gasteiger partial charge in [0, 0.05) is 31.8 Å². The van der Waals surface area contributed by atoms with E-state index >= 15 is 0 Å². The predicted octanol–water partition coefficient (Wildman–Crippen LogP) is 1.10. The van der Waals surface area contributed by atoms with E-state index in [1.165, 1.54) is 0 Å². The van der Waals surface area contributed by atoms with Gasteiger partial charge in [0.1, 0.15) is 5.75 Å². The molecule has 138 valence electrons. The Labute approximate surface area is 152 Å². The standard InChI is InChI=1S/C19H23N3O4/c1-12-2-5-15-14(10-12)18(25)21-19(26-15)7-6-17(24)22(9-8-19)11-16(23)20-13-3-4-13/h2,5,10,13H,3-4,6-9,11H2,1H3,(H,20,23)(H,21,25)/t19-/m0/s1. The van der Waals surface area contributed by atoms with Crippen molar-refractivity contribution in [1.82, 2.24) is 15.5 Å². The van der Waals surface area contributed by atoms with Crippen LogP contribution in [-0.2, 0) is 9.59 Å². The molecule has 1 aromatic carbocycles. The highest BCUT2D eigenvalue weighted by Crippen LogP contribution is 2.34. The first-order chi connectivity index (χ1) is 12.4. The van der Waals surface area contributed by atoms with Crippen molar-refractivity contribution in [3.63, 3.8) is 0 Å². The zero-order valence-corrected chi connectivity index (χ0v) is 14.8. The second kappa shape index (κ2) is 6.30. The fraction of sp³-hybridized carbons (Fsp3) is 0.526. The molecule has 0 radical (unpaired) electrons. The van der Waals surface area contributed by atoms with Crippen LogP contribution >= 0.6 is 0 Å². The summed E-state index contributed by atoms with van der Waals surface area (Å²) >= 11 is 0. The fourth-order valence-electron chi connectivity index (χ4n) is 3.52. The monoisotopic (exact) mass is 357 g/mol. The zero-order chi connectivity index (χ0) is 18.3. The third-order valence-electron chi connectivity index (χ3n) is 5.18. The summed E-state index contributed by atoms with van der Waals surface area (Å²) in [6, 6.07) is 5.78. The van der Waals surface area contributed by atoms with Crippen LogP contribution in [0.1, 0.15) is 48.0 Å². The Morgan fingerprint density at radius 3 is 2.92 bits per heavy atom. The van der Waals surface area contributed by atoms with Crippen molar-refractivity contribution < 1.29 is 19.1 Å². The zero-order valence-electron chi connectivity index (χ0n) is 14.8. The normalized spacial score (nSPS) is 25.2. The van der Waals surface area contributed by atoms with Gasteiger partial charge < -0.3 is 20.3 Å². The molecule has 1 spiro atoms. The van der Waals surface area contributed by atoms with E-state index in [1.54, 1.807) is 17.0 Å². The van der Waals surface area contributed by atoms with Gasteiger partial charge in [-0.1, -0.05) is 11.6 Å². The van der Waals surface area contributed by atoms with E-state index in [4.69, 9.17) is 4.74 Å². The molecule has 3 aliphatic rings. The van der Waals surface area contributed by atoms with E-state index in [9.17, 15) is 14.4 Å². The van der Waals surface area contributed by atoms with Crippen molar-refractivity contribution >= 4 is 17.7 Å². The summed E-state index contributed by atoms with van der Waals surface area (Å²) in [4.78, 5) is 38.6. The van der Waals surface area contributed by atoms with Gasteiger partial charge in [0.25, 0.3) is 5.91 Å². The number of aryl methyl sites for hydroxylation is 1. The van der Waals surface area contributed by atoms with Gasteiger partial charge in [-0.15, -0.1) is 0 Å². The number of likely N-dealkylation sites (tertiary alicyclic amines) is 1. The van der Waals surface area contributed by atoms with Crippen LogP contribution in [0.5, 0.6) is 5.75 Å². The molecule has 1 aromatic rings. The fourth-order valence-corrected chi connectivity index (χ4v) is 3.52. The van der Waals surface area contributed by atoms with Crippen LogP contribution in [0.2, 0.25) is 0 Å².